The van der Waals surface area contributed by atoms with Crippen LogP contribution >= 0.6 is 0 Å². The van der Waals surface area contributed by atoms with Crippen LogP contribution in [0.2, 0.25) is 5.04 Å². The SMILES string of the molecule is CCCC(C(C)N)C(C(C)C)(C(C)C)[Si](OC)(OC)OC.N. The summed E-state index contributed by atoms with van der Waals surface area (Å²) in [6.07, 6.45) is 2.15. The van der Waals surface area contributed by atoms with Crippen LogP contribution in [-0.4, -0.2) is 36.2 Å². The Morgan fingerprint density at radius 1 is 0.909 bits per heavy atom. The van der Waals surface area contributed by atoms with Crippen LogP contribution in [0.5, 0.6) is 0 Å². The molecule has 136 valence electrons. The molecule has 0 radical (unpaired) electrons. The highest BCUT2D eigenvalue weighted by Crippen LogP contribution is 2.59. The van der Waals surface area contributed by atoms with Gasteiger partial charge in [-0.15, -0.1) is 0 Å². The summed E-state index contributed by atoms with van der Waals surface area (Å²) in [5, 5.41) is -0.199. The lowest BCUT2D eigenvalue weighted by Gasteiger charge is -2.54. The highest BCUT2D eigenvalue weighted by atomic mass is 28.4. The summed E-state index contributed by atoms with van der Waals surface area (Å²) in [5.74, 6) is 1.01. The summed E-state index contributed by atoms with van der Waals surface area (Å²) in [6, 6.07) is 0.0714. The molecule has 6 heteroatoms. The molecule has 0 aliphatic rings. The smallest absolute Gasteiger partial charge is 0.376 e. The van der Waals surface area contributed by atoms with Crippen LogP contribution in [0.25, 0.3) is 0 Å². The van der Waals surface area contributed by atoms with Gasteiger partial charge in [-0.3, -0.25) is 0 Å². The molecule has 5 nitrogen and oxygen atoms in total. The largest absolute Gasteiger partial charge is 0.507 e. The van der Waals surface area contributed by atoms with Crippen molar-refractivity contribution in [1.82, 2.24) is 6.15 Å². The van der Waals surface area contributed by atoms with E-state index in [-0.39, 0.29) is 17.2 Å². The number of hydrogen-bond acceptors (Lipinski definition) is 5. The van der Waals surface area contributed by atoms with Gasteiger partial charge in [0.15, 0.2) is 0 Å². The predicted octanol–water partition coefficient (Wildman–Crippen LogP) is 3.84. The van der Waals surface area contributed by atoms with Crippen molar-refractivity contribution in [1.29, 1.82) is 0 Å². The molecule has 5 N–H and O–H groups in total. The molecule has 0 rings (SSSR count). The molecular formula is C16H40N2O3Si. The van der Waals surface area contributed by atoms with Crippen LogP contribution in [0.3, 0.4) is 0 Å². The molecule has 2 unspecified atom stereocenters. The predicted molar refractivity (Wildman–Crippen MR) is 96.2 cm³/mol. The van der Waals surface area contributed by atoms with Crippen LogP contribution in [0.4, 0.5) is 0 Å². The van der Waals surface area contributed by atoms with E-state index in [2.05, 4.69) is 41.5 Å². The van der Waals surface area contributed by atoms with Gasteiger partial charge in [0.1, 0.15) is 0 Å². The molecule has 0 aromatic rings. The number of hydrogen-bond donors (Lipinski definition) is 2. The average molecular weight is 337 g/mol. The van der Waals surface area contributed by atoms with E-state index in [1.807, 2.05) is 0 Å². The van der Waals surface area contributed by atoms with Crippen LogP contribution in [-0.2, 0) is 13.3 Å². The zero-order chi connectivity index (χ0) is 16.8. The van der Waals surface area contributed by atoms with Crippen molar-refractivity contribution in [2.24, 2.45) is 23.5 Å². The molecule has 0 aliphatic heterocycles. The molecule has 0 aliphatic carbocycles. The average Bonchev–Trinajstić information content (AvgIpc) is 2.42. The van der Waals surface area contributed by atoms with Gasteiger partial charge in [0.25, 0.3) is 0 Å². The second-order valence-corrected chi connectivity index (χ2v) is 9.87. The van der Waals surface area contributed by atoms with Gasteiger partial charge in [0.05, 0.1) is 0 Å². The first-order valence-electron chi connectivity index (χ1n) is 8.12. The van der Waals surface area contributed by atoms with E-state index in [0.717, 1.165) is 12.8 Å². The minimum absolute atomic E-state index is 0. The Bertz CT molecular complexity index is 279. The molecular weight excluding hydrogens is 296 g/mol. The summed E-state index contributed by atoms with van der Waals surface area (Å²) < 4.78 is 17.8. The Hall–Kier alpha value is 0.0169. The van der Waals surface area contributed by atoms with Crippen molar-refractivity contribution in [3.05, 3.63) is 0 Å². The summed E-state index contributed by atoms with van der Waals surface area (Å²) in [5.41, 5.74) is 6.40. The fourth-order valence-corrected chi connectivity index (χ4v) is 8.32. The standard InChI is InChI=1S/C16H37NO3Si.H3N/c1-10-11-15(14(6)17)16(12(2)3,13(4)5)21(18-7,19-8)20-9;/h12-15H,10-11,17H2,1-9H3;1H3. The highest BCUT2D eigenvalue weighted by Gasteiger charge is 2.66. The molecule has 0 bridgehead atoms. The summed E-state index contributed by atoms with van der Waals surface area (Å²) in [6.45, 7) is 13.3. The first kappa shape index (κ1) is 24.3. The quantitative estimate of drug-likeness (QED) is 0.592. The fraction of sp³-hybridized carbons (Fsp3) is 1.00. The van der Waals surface area contributed by atoms with Crippen molar-refractivity contribution < 1.29 is 13.3 Å². The van der Waals surface area contributed by atoms with Crippen molar-refractivity contribution >= 4 is 8.80 Å². The van der Waals surface area contributed by atoms with Crippen molar-refractivity contribution in [3.63, 3.8) is 0 Å². The Morgan fingerprint density at radius 3 is 1.45 bits per heavy atom. The molecule has 0 spiro atoms. The van der Waals surface area contributed by atoms with Crippen molar-refractivity contribution in [2.45, 2.75) is 65.5 Å². The summed E-state index contributed by atoms with van der Waals surface area (Å²) in [4.78, 5) is 0. The Kier molecular flexibility index (Phi) is 11.0. The molecule has 22 heavy (non-hydrogen) atoms. The molecule has 2 atom stereocenters. The maximum absolute atomic E-state index is 6.40. The van der Waals surface area contributed by atoms with Crippen LogP contribution < -0.4 is 11.9 Å². The first-order valence-corrected chi connectivity index (χ1v) is 9.85. The van der Waals surface area contributed by atoms with E-state index < -0.39 is 8.80 Å². The molecule has 0 saturated heterocycles. The zero-order valence-corrected chi connectivity index (χ0v) is 17.2. The van der Waals surface area contributed by atoms with Crippen LogP contribution in [0.15, 0.2) is 0 Å². The fourth-order valence-electron chi connectivity index (χ4n) is 4.49. The molecule has 0 amide bonds. The lowest BCUT2D eigenvalue weighted by atomic mass is 9.70. The lowest BCUT2D eigenvalue weighted by Crippen LogP contribution is -2.64. The third kappa shape index (κ3) is 3.91. The monoisotopic (exact) mass is 336 g/mol. The van der Waals surface area contributed by atoms with E-state index >= 15 is 0 Å². The van der Waals surface area contributed by atoms with Gasteiger partial charge in [-0.2, -0.15) is 0 Å². The number of nitrogens with two attached hydrogens (primary N) is 1. The van der Waals surface area contributed by atoms with Crippen molar-refractivity contribution in [2.75, 3.05) is 21.3 Å². The third-order valence-electron chi connectivity index (χ3n) is 5.10. The Morgan fingerprint density at radius 2 is 1.27 bits per heavy atom. The number of rotatable bonds is 10. The second kappa shape index (κ2) is 10.0. The van der Waals surface area contributed by atoms with Gasteiger partial charge in [0, 0.05) is 32.4 Å². The first-order chi connectivity index (χ1) is 9.71. The van der Waals surface area contributed by atoms with Gasteiger partial charge in [-0.25, -0.2) is 0 Å². The zero-order valence-electron chi connectivity index (χ0n) is 16.2. The van der Waals surface area contributed by atoms with Gasteiger partial charge < -0.3 is 25.2 Å². The lowest BCUT2D eigenvalue weighted by molar-refractivity contribution is 0.0228. The van der Waals surface area contributed by atoms with E-state index in [9.17, 15) is 0 Å². The highest BCUT2D eigenvalue weighted by molar-refractivity contribution is 6.64. The molecule has 0 heterocycles. The normalized spacial score (nSPS) is 15.8. The summed E-state index contributed by atoms with van der Waals surface area (Å²) >= 11 is 0. The molecule has 0 aromatic carbocycles. The van der Waals surface area contributed by atoms with Crippen LogP contribution in [0, 0.1) is 17.8 Å². The van der Waals surface area contributed by atoms with Gasteiger partial charge in [-0.1, -0.05) is 41.0 Å². The van der Waals surface area contributed by atoms with E-state index in [4.69, 9.17) is 19.0 Å². The second-order valence-electron chi connectivity index (χ2n) is 6.67. The Labute approximate surface area is 139 Å². The maximum atomic E-state index is 6.40. The van der Waals surface area contributed by atoms with Gasteiger partial charge in [0.2, 0.25) is 0 Å². The molecule has 0 fully saturated rings. The van der Waals surface area contributed by atoms with Crippen LogP contribution in [0.1, 0.15) is 54.4 Å². The molecule has 0 aromatic heterocycles. The minimum atomic E-state index is -2.87. The Balaban J connectivity index is 0. The van der Waals surface area contributed by atoms with E-state index in [0.29, 0.717) is 17.8 Å². The minimum Gasteiger partial charge on any atom is -0.376 e. The summed E-state index contributed by atoms with van der Waals surface area (Å²) in [7, 11) is 2.27. The van der Waals surface area contributed by atoms with E-state index in [1.165, 1.54) is 0 Å². The topological polar surface area (TPSA) is 88.7 Å². The third-order valence-corrected chi connectivity index (χ3v) is 9.29. The molecule has 0 saturated carbocycles. The maximum Gasteiger partial charge on any atom is 0.507 e. The van der Waals surface area contributed by atoms with E-state index in [1.54, 1.807) is 21.3 Å². The van der Waals surface area contributed by atoms with Crippen molar-refractivity contribution in [3.8, 4) is 0 Å². The van der Waals surface area contributed by atoms with Gasteiger partial charge in [-0.05, 0) is 31.1 Å². The van der Waals surface area contributed by atoms with Gasteiger partial charge >= 0.3 is 8.80 Å².